The minimum Gasteiger partial charge on any atom is -0.493 e. The fourth-order valence-electron chi connectivity index (χ4n) is 2.48. The molecule has 1 fully saturated rings. The SMILES string of the molecule is O=C1CNC(=O)[C@H](C(=O)N[C@H]2CCOc3ccccc32)N1. The molecule has 1 aromatic rings. The van der Waals surface area contributed by atoms with Crippen LogP contribution in [-0.4, -0.2) is 36.9 Å². The zero-order valence-corrected chi connectivity index (χ0v) is 11.2. The zero-order chi connectivity index (χ0) is 14.8. The smallest absolute Gasteiger partial charge is 0.252 e. The van der Waals surface area contributed by atoms with Crippen LogP contribution in [0.1, 0.15) is 18.0 Å². The van der Waals surface area contributed by atoms with E-state index in [9.17, 15) is 14.4 Å². The van der Waals surface area contributed by atoms with Gasteiger partial charge < -0.3 is 20.7 Å². The van der Waals surface area contributed by atoms with Gasteiger partial charge in [0.1, 0.15) is 5.75 Å². The molecule has 0 radical (unpaired) electrons. The molecular formula is C14H15N3O4. The Morgan fingerprint density at radius 3 is 2.95 bits per heavy atom. The number of fused-ring (bicyclic) bond motifs is 1. The van der Waals surface area contributed by atoms with Gasteiger partial charge >= 0.3 is 0 Å². The molecule has 0 bridgehead atoms. The molecule has 0 aliphatic carbocycles. The first-order valence-electron chi connectivity index (χ1n) is 6.74. The predicted octanol–water partition coefficient (Wildman–Crippen LogP) is -0.759. The quantitative estimate of drug-likeness (QED) is 0.624. The maximum atomic E-state index is 12.2. The summed E-state index contributed by atoms with van der Waals surface area (Å²) in [6, 6.07) is 6.02. The largest absolute Gasteiger partial charge is 0.493 e. The van der Waals surface area contributed by atoms with Crippen molar-refractivity contribution in [1.29, 1.82) is 0 Å². The highest BCUT2D eigenvalue weighted by Crippen LogP contribution is 2.31. The maximum Gasteiger partial charge on any atom is 0.252 e. The van der Waals surface area contributed by atoms with Gasteiger partial charge in [0.15, 0.2) is 6.04 Å². The molecule has 1 saturated heterocycles. The first-order chi connectivity index (χ1) is 10.1. The van der Waals surface area contributed by atoms with Crippen LogP contribution in [0.15, 0.2) is 24.3 Å². The molecule has 2 atom stereocenters. The van der Waals surface area contributed by atoms with Gasteiger partial charge in [0, 0.05) is 12.0 Å². The Morgan fingerprint density at radius 1 is 1.29 bits per heavy atom. The van der Waals surface area contributed by atoms with Gasteiger partial charge in [-0.05, 0) is 6.07 Å². The van der Waals surface area contributed by atoms with E-state index in [2.05, 4.69) is 16.0 Å². The topological polar surface area (TPSA) is 96.5 Å². The van der Waals surface area contributed by atoms with Gasteiger partial charge in [-0.1, -0.05) is 18.2 Å². The number of carbonyl (C=O) groups is 3. The van der Waals surface area contributed by atoms with Gasteiger partial charge in [0.25, 0.3) is 11.8 Å². The van der Waals surface area contributed by atoms with Crippen LogP contribution in [0, 0.1) is 0 Å². The van der Waals surface area contributed by atoms with Crippen LogP contribution < -0.4 is 20.7 Å². The van der Waals surface area contributed by atoms with Crippen molar-refractivity contribution in [3.05, 3.63) is 29.8 Å². The molecule has 7 nitrogen and oxygen atoms in total. The fourth-order valence-corrected chi connectivity index (χ4v) is 2.48. The van der Waals surface area contributed by atoms with Gasteiger partial charge in [-0.25, -0.2) is 0 Å². The number of carbonyl (C=O) groups excluding carboxylic acids is 3. The number of nitrogens with one attached hydrogen (secondary N) is 3. The highest BCUT2D eigenvalue weighted by Gasteiger charge is 2.34. The molecule has 0 aromatic heterocycles. The number of para-hydroxylation sites is 1. The van der Waals surface area contributed by atoms with Crippen molar-refractivity contribution in [1.82, 2.24) is 16.0 Å². The minimum atomic E-state index is -1.18. The minimum absolute atomic E-state index is 0.0945. The number of piperazine rings is 1. The van der Waals surface area contributed by atoms with Gasteiger partial charge in [0.05, 0.1) is 19.2 Å². The van der Waals surface area contributed by atoms with Crippen LogP contribution in [0.5, 0.6) is 5.75 Å². The second kappa shape index (κ2) is 5.43. The van der Waals surface area contributed by atoms with E-state index in [1.165, 1.54) is 0 Å². The van der Waals surface area contributed by atoms with Crippen LogP contribution in [0.2, 0.25) is 0 Å². The maximum absolute atomic E-state index is 12.2. The van der Waals surface area contributed by atoms with Crippen molar-refractivity contribution < 1.29 is 19.1 Å². The normalized spacial score (nSPS) is 24.2. The third-order valence-corrected chi connectivity index (χ3v) is 3.53. The summed E-state index contributed by atoms with van der Waals surface area (Å²) in [4.78, 5) is 35.2. The third kappa shape index (κ3) is 2.67. The van der Waals surface area contributed by atoms with Crippen LogP contribution >= 0.6 is 0 Å². The Hall–Kier alpha value is -2.57. The number of rotatable bonds is 2. The van der Waals surface area contributed by atoms with Crippen molar-refractivity contribution in [2.45, 2.75) is 18.5 Å². The molecule has 3 N–H and O–H groups in total. The summed E-state index contributed by atoms with van der Waals surface area (Å²) in [5.41, 5.74) is 0.875. The Labute approximate surface area is 121 Å². The van der Waals surface area contributed by atoms with Crippen molar-refractivity contribution in [2.75, 3.05) is 13.2 Å². The lowest BCUT2D eigenvalue weighted by Crippen LogP contribution is -2.62. The Morgan fingerprint density at radius 2 is 2.10 bits per heavy atom. The first kappa shape index (κ1) is 13.4. The molecule has 0 spiro atoms. The molecule has 0 saturated carbocycles. The van der Waals surface area contributed by atoms with E-state index in [1.54, 1.807) is 0 Å². The van der Waals surface area contributed by atoms with E-state index in [1.807, 2.05) is 24.3 Å². The molecule has 3 amide bonds. The highest BCUT2D eigenvalue weighted by molar-refractivity contribution is 6.10. The summed E-state index contributed by atoms with van der Waals surface area (Å²) in [6.45, 7) is 0.397. The van der Waals surface area contributed by atoms with Gasteiger partial charge in [-0.15, -0.1) is 0 Å². The van der Waals surface area contributed by atoms with Crippen molar-refractivity contribution >= 4 is 17.7 Å². The molecule has 110 valence electrons. The fraction of sp³-hybridized carbons (Fsp3) is 0.357. The standard InChI is InChI=1S/C14H15N3O4/c18-11-7-15-13(19)12(17-11)14(20)16-9-5-6-21-10-4-2-1-3-8(9)10/h1-4,9,12H,5-7H2,(H,15,19)(H,16,20)(H,17,18)/t9-,12+/m0/s1. The average molecular weight is 289 g/mol. The Bertz CT molecular complexity index is 602. The van der Waals surface area contributed by atoms with Crippen LogP contribution in [0.3, 0.4) is 0 Å². The van der Waals surface area contributed by atoms with E-state index in [4.69, 9.17) is 4.74 Å². The van der Waals surface area contributed by atoms with Crippen LogP contribution in [-0.2, 0) is 14.4 Å². The molecule has 21 heavy (non-hydrogen) atoms. The Balaban J connectivity index is 1.73. The van der Waals surface area contributed by atoms with Crippen molar-refractivity contribution in [2.24, 2.45) is 0 Å². The van der Waals surface area contributed by atoms with Gasteiger partial charge in [0.2, 0.25) is 5.91 Å². The third-order valence-electron chi connectivity index (χ3n) is 3.53. The van der Waals surface area contributed by atoms with E-state index in [0.29, 0.717) is 13.0 Å². The lowest BCUT2D eigenvalue weighted by atomic mass is 10.00. The molecule has 3 rings (SSSR count). The lowest BCUT2D eigenvalue weighted by molar-refractivity contribution is -0.140. The van der Waals surface area contributed by atoms with E-state index >= 15 is 0 Å². The van der Waals surface area contributed by atoms with Crippen LogP contribution in [0.4, 0.5) is 0 Å². The molecule has 0 unspecified atom stereocenters. The summed E-state index contributed by atoms with van der Waals surface area (Å²) in [6.07, 6.45) is 0.616. The molecule has 2 aliphatic rings. The summed E-state index contributed by atoms with van der Waals surface area (Å²) >= 11 is 0. The van der Waals surface area contributed by atoms with E-state index in [-0.39, 0.29) is 18.5 Å². The number of hydrogen-bond acceptors (Lipinski definition) is 4. The summed E-state index contributed by atoms with van der Waals surface area (Å²) in [5, 5.41) is 7.57. The van der Waals surface area contributed by atoms with Gasteiger partial charge in [-0.3, -0.25) is 14.4 Å². The lowest BCUT2D eigenvalue weighted by Gasteiger charge is -2.29. The van der Waals surface area contributed by atoms with E-state index < -0.39 is 17.9 Å². The van der Waals surface area contributed by atoms with Crippen LogP contribution in [0.25, 0.3) is 0 Å². The highest BCUT2D eigenvalue weighted by atomic mass is 16.5. The Kier molecular flexibility index (Phi) is 3.47. The molecule has 1 aromatic carbocycles. The summed E-state index contributed by atoms with van der Waals surface area (Å²) in [7, 11) is 0. The number of benzene rings is 1. The molecule has 2 heterocycles. The first-order valence-corrected chi connectivity index (χ1v) is 6.74. The number of amides is 3. The monoisotopic (exact) mass is 289 g/mol. The summed E-state index contributed by atoms with van der Waals surface area (Å²) in [5.74, 6) is -0.650. The van der Waals surface area contributed by atoms with E-state index in [0.717, 1.165) is 11.3 Å². The molecular weight excluding hydrogens is 274 g/mol. The number of ether oxygens (including phenoxy) is 1. The predicted molar refractivity (Wildman–Crippen MR) is 72.4 cm³/mol. The van der Waals surface area contributed by atoms with Crippen molar-refractivity contribution in [3.63, 3.8) is 0 Å². The van der Waals surface area contributed by atoms with Crippen molar-refractivity contribution in [3.8, 4) is 5.75 Å². The second-order valence-corrected chi connectivity index (χ2v) is 4.95. The number of hydrogen-bond donors (Lipinski definition) is 3. The average Bonchev–Trinajstić information content (AvgIpc) is 2.50. The molecule has 7 heteroatoms. The summed E-state index contributed by atoms with van der Waals surface area (Å²) < 4.78 is 5.52. The molecule has 2 aliphatic heterocycles. The van der Waals surface area contributed by atoms with Gasteiger partial charge in [-0.2, -0.15) is 0 Å². The second-order valence-electron chi connectivity index (χ2n) is 4.95. The zero-order valence-electron chi connectivity index (χ0n) is 11.2.